The first-order valence-corrected chi connectivity index (χ1v) is 46.5. The highest BCUT2D eigenvalue weighted by molar-refractivity contribution is 7.93. The van der Waals surface area contributed by atoms with Gasteiger partial charge in [-0.15, -0.1) is 11.3 Å². The Bertz CT molecular complexity index is 6760. The van der Waals surface area contributed by atoms with Crippen molar-refractivity contribution in [3.05, 3.63) is 236 Å². The number of alkyl halides is 3. The zero-order chi connectivity index (χ0) is 90.7. The van der Waals surface area contributed by atoms with Gasteiger partial charge in [0.05, 0.1) is 65.4 Å². The van der Waals surface area contributed by atoms with Crippen molar-refractivity contribution in [2.75, 3.05) is 105 Å². The molecule has 3 aromatic carbocycles. The maximum Gasteiger partial charge on any atom is 0.400 e. The van der Waals surface area contributed by atoms with Crippen LogP contribution in [0.1, 0.15) is 99.1 Å². The number of hydrogen-bond acceptors (Lipinski definition) is 34. The van der Waals surface area contributed by atoms with Crippen molar-refractivity contribution < 1.29 is 57.0 Å². The Kier molecular flexibility index (Phi) is 28.2. The van der Waals surface area contributed by atoms with Gasteiger partial charge in [0, 0.05) is 152 Å². The number of aromatic nitrogens is 14. The smallest absolute Gasteiger partial charge is 0.400 e. The molecule has 14 aromatic rings. The van der Waals surface area contributed by atoms with Gasteiger partial charge in [0.1, 0.15) is 45.9 Å². The number of morpholine rings is 1. The molecular formula is C86H92F3N23O13S4. The van der Waals surface area contributed by atoms with Crippen molar-refractivity contribution in [2.45, 2.75) is 128 Å². The van der Waals surface area contributed by atoms with E-state index in [1.807, 2.05) is 99.3 Å². The number of nitrogens with zero attached hydrogens (tertiary/aromatic N) is 16. The van der Waals surface area contributed by atoms with Crippen LogP contribution in [0.15, 0.2) is 223 Å². The van der Waals surface area contributed by atoms with Gasteiger partial charge in [-0.1, -0.05) is 37.7 Å². The number of hydrogen-bond donors (Lipinski definition) is 7. The molecule has 14 heterocycles. The lowest BCUT2D eigenvalue weighted by Crippen LogP contribution is -2.33. The quantitative estimate of drug-likeness (QED) is 0.0212. The second-order valence-corrected chi connectivity index (χ2v) is 36.6. The normalized spacial score (nSPS) is 15.6. The fourth-order valence-corrected chi connectivity index (χ4v) is 19.4. The summed E-state index contributed by atoms with van der Waals surface area (Å²) in [6.45, 7) is 18.4. The number of sulfone groups is 2. The molecule has 0 aliphatic carbocycles. The third kappa shape index (κ3) is 21.1. The Labute approximate surface area is 743 Å². The first-order chi connectivity index (χ1) is 62.2. The van der Waals surface area contributed by atoms with E-state index in [1.165, 1.54) is 56.8 Å². The van der Waals surface area contributed by atoms with Gasteiger partial charge in [0.25, 0.3) is 31.6 Å². The number of thiazole rings is 1. The minimum Gasteiger partial charge on any atom is -0.489 e. The van der Waals surface area contributed by atoms with Gasteiger partial charge < -0.3 is 69.8 Å². The monoisotopic (exact) mass is 1840 g/mol. The molecule has 3 aliphatic heterocycles. The van der Waals surface area contributed by atoms with Crippen molar-refractivity contribution >= 4 is 127 Å². The number of rotatable bonds is 31. The van der Waals surface area contributed by atoms with E-state index in [9.17, 15) is 48.6 Å². The first kappa shape index (κ1) is 90.7. The number of oxazole rings is 2. The van der Waals surface area contributed by atoms with Crippen LogP contribution in [0.25, 0.3) is 38.8 Å². The van der Waals surface area contributed by atoms with Crippen molar-refractivity contribution in [3.63, 3.8) is 0 Å². The van der Waals surface area contributed by atoms with E-state index >= 15 is 0 Å². The van der Waals surface area contributed by atoms with Crippen molar-refractivity contribution in [3.8, 4) is 5.75 Å². The number of anilines is 8. The fraction of sp³-hybridized carbons (Fsp3) is 0.326. The predicted molar refractivity (Wildman–Crippen MR) is 480 cm³/mol. The molecule has 17 rings (SSSR count). The van der Waals surface area contributed by atoms with Gasteiger partial charge in [-0.25, -0.2) is 46.7 Å². The van der Waals surface area contributed by atoms with E-state index in [-0.39, 0.29) is 108 Å². The standard InChI is InChI=1S/C31H34N8O4S.C28H30N8O5S2.C27H28F3N7O4S/c1-3-20(4-2)27-15-21-16-34-31(37-24-7-5-23(6-8-24)36-25-9-12-33-18-25)38-28(21)39(29(27)40)19-22-17-35-43-30(22)44(41,42)26-10-13-32-14-11-26;1-3-35(4-2)22-13-19-14-31-27(33-20-7-5-18(6-8-20)23-15-29-9-11-40-23)34-24(19)36(25(22)37)16-21-26(41-17-32-21)43(38,39)28-30-10-12-42-28;1-16(36(2)3)21-10-17-11-32-26(34-18-4-6-19(7-5-18)41-20-8-9-31-12-20)35-23(17)37(25(21)38)13-22-24(33-15-40-22)42(39)14-27(28,29)30/h5-8,10-11,13-17,20,25,33,36H,3-4,9,12,18-19H2,1-2H3,(H,34,37,38);5-8,10,12-14,17,23,29H,3-4,9,11,15-16H2,1-2H3,(H,31,33,34);4-7,10-11,15,20,31H,1,8-9,12-14H2,2-3H3,(H,32,34,35). The Hall–Kier alpha value is -13.0. The Morgan fingerprint density at radius 3 is 1.81 bits per heavy atom. The molecule has 36 nitrogen and oxygen atoms in total. The number of benzene rings is 3. The highest BCUT2D eigenvalue weighted by Crippen LogP contribution is 2.34. The van der Waals surface area contributed by atoms with Crippen molar-refractivity contribution in [1.29, 1.82) is 0 Å². The van der Waals surface area contributed by atoms with E-state index in [0.717, 1.165) is 117 Å². The molecule has 0 amide bonds. The Balaban J connectivity index is 0.000000149. The van der Waals surface area contributed by atoms with Crippen LogP contribution in [0.2, 0.25) is 0 Å². The molecule has 11 aromatic heterocycles. The minimum atomic E-state index is -4.68. The van der Waals surface area contributed by atoms with Crippen LogP contribution in [0, 0.1) is 0 Å². The fourth-order valence-electron chi connectivity index (χ4n) is 15.0. The third-order valence-electron chi connectivity index (χ3n) is 21.7. The van der Waals surface area contributed by atoms with Gasteiger partial charge in [-0.2, -0.15) is 28.1 Å². The molecule has 3 saturated heterocycles. The molecule has 0 spiro atoms. The molecule has 3 aliphatic rings. The molecule has 7 N–H and O–H groups in total. The molecule has 0 saturated carbocycles. The van der Waals surface area contributed by atoms with E-state index in [0.29, 0.717) is 81.8 Å². The maximum absolute atomic E-state index is 14.0. The van der Waals surface area contributed by atoms with Crippen LogP contribution in [0.5, 0.6) is 5.75 Å². The lowest BCUT2D eigenvalue weighted by atomic mass is 9.94. The predicted octanol–water partition coefficient (Wildman–Crippen LogP) is 11.4. The molecular weight excluding hydrogens is 1750 g/mol. The summed E-state index contributed by atoms with van der Waals surface area (Å²) in [6.07, 6.45) is 11.3. The largest absolute Gasteiger partial charge is 0.489 e. The zero-order valence-corrected chi connectivity index (χ0v) is 74.1. The summed E-state index contributed by atoms with van der Waals surface area (Å²) >= 11 is 0.972. The molecule has 674 valence electrons. The maximum atomic E-state index is 14.0. The van der Waals surface area contributed by atoms with E-state index in [1.54, 1.807) is 61.0 Å². The van der Waals surface area contributed by atoms with Gasteiger partial charge in [-0.05, 0) is 155 Å². The van der Waals surface area contributed by atoms with Gasteiger partial charge >= 0.3 is 6.18 Å². The molecule has 3 fully saturated rings. The molecule has 4 atom stereocenters. The molecule has 129 heavy (non-hydrogen) atoms. The van der Waals surface area contributed by atoms with Crippen LogP contribution in [0.4, 0.5) is 59.5 Å². The van der Waals surface area contributed by atoms with Crippen LogP contribution < -0.4 is 63.5 Å². The second kappa shape index (κ2) is 40.1. The number of nitrogens with one attached hydrogen (secondary N) is 7. The van der Waals surface area contributed by atoms with E-state index < -0.39 is 53.0 Å². The SMILES string of the molecule is C=C(c1cc2cnc(Nc3ccc(OC4CCNC4)cc3)nc2n(Cc2ocnc2S(=O)CC(F)(F)F)c1=O)N(C)C.CCC(CC)c1cc2cnc(Nc3ccc(NC4CCNC4)cc3)nc2n(Cc2cnoc2S(=O)(=O)c2ccncc2)c1=O.CCN(CC)c1cc2cnc(Nc3ccc(C4CNCCO4)cc3)nc2n(Cc2ncoc2S(=O)(=O)c2nccs2)c1=O. The average Bonchev–Trinajstić information content (AvgIpc) is 1.73. The summed E-state index contributed by atoms with van der Waals surface area (Å²) < 4.78 is 136. The van der Waals surface area contributed by atoms with Gasteiger partial charge in [0.15, 0.2) is 23.6 Å². The first-order valence-electron chi connectivity index (χ1n) is 41.4. The highest BCUT2D eigenvalue weighted by Gasteiger charge is 2.35. The molecule has 43 heteroatoms. The molecule has 0 radical (unpaired) electrons. The van der Waals surface area contributed by atoms with Crippen LogP contribution >= 0.6 is 11.3 Å². The van der Waals surface area contributed by atoms with Crippen molar-refractivity contribution in [2.24, 2.45) is 0 Å². The molecule has 0 bridgehead atoms. The Morgan fingerprint density at radius 1 is 0.643 bits per heavy atom. The summed E-state index contributed by atoms with van der Waals surface area (Å²) in [7, 11) is -7.22. The van der Waals surface area contributed by atoms with Crippen LogP contribution in [-0.4, -0.2) is 192 Å². The lowest BCUT2D eigenvalue weighted by Gasteiger charge is -2.24. The molecule has 4 unspecified atom stereocenters. The topological polar surface area (TPSA) is 442 Å². The van der Waals surface area contributed by atoms with Crippen LogP contribution in [-0.2, 0) is 54.8 Å². The van der Waals surface area contributed by atoms with Crippen LogP contribution in [0.3, 0.4) is 0 Å². The van der Waals surface area contributed by atoms with E-state index in [4.69, 9.17) is 27.8 Å². The lowest BCUT2D eigenvalue weighted by molar-refractivity contribution is -0.105. The Morgan fingerprint density at radius 2 is 1.23 bits per heavy atom. The van der Waals surface area contributed by atoms with Gasteiger partial charge in [-0.3, -0.25) is 37.3 Å². The van der Waals surface area contributed by atoms with Gasteiger partial charge in [0.2, 0.25) is 37.1 Å². The summed E-state index contributed by atoms with van der Waals surface area (Å²) in [5.41, 5.74) is 6.03. The second-order valence-electron chi connectivity index (χ2n) is 30.4. The van der Waals surface area contributed by atoms with E-state index in [2.05, 4.69) is 93.8 Å². The highest BCUT2D eigenvalue weighted by atomic mass is 32.2. The third-order valence-corrected chi connectivity index (χ3v) is 27.7. The summed E-state index contributed by atoms with van der Waals surface area (Å²) in [4.78, 5) is 88.3. The van der Waals surface area contributed by atoms with Crippen molar-refractivity contribution in [1.82, 2.24) is 89.5 Å². The minimum absolute atomic E-state index is 0.00464. The number of halogens is 3. The summed E-state index contributed by atoms with van der Waals surface area (Å²) in [5.74, 6) is -0.270. The number of fused-ring (bicyclic) bond motifs is 3. The average molecular weight is 1840 g/mol. The number of ether oxygens (including phenoxy) is 2. The zero-order valence-electron chi connectivity index (χ0n) is 70.9. The summed E-state index contributed by atoms with van der Waals surface area (Å²) in [6, 6.07) is 31.3. The summed E-state index contributed by atoms with van der Waals surface area (Å²) in [5, 5.41) is 29.0. The number of pyridine rings is 4.